The summed E-state index contributed by atoms with van der Waals surface area (Å²) < 4.78 is 2.42. The molecule has 2 heteroatoms. The molecular weight excluding hydrogens is 340 g/mol. The van der Waals surface area contributed by atoms with E-state index >= 15 is 0 Å². The third-order valence-corrected chi connectivity index (χ3v) is 5.92. The van der Waals surface area contributed by atoms with Crippen LogP contribution in [0, 0.1) is 0 Å². The Bertz CT molecular complexity index is 1310. The average molecular weight is 360 g/mol. The predicted molar refractivity (Wildman–Crippen MR) is 116 cm³/mol. The summed E-state index contributed by atoms with van der Waals surface area (Å²) in [5.41, 5.74) is 11.4. The van der Waals surface area contributed by atoms with Gasteiger partial charge < -0.3 is 0 Å². The Labute approximate surface area is 164 Å². The third-order valence-electron chi connectivity index (χ3n) is 5.92. The van der Waals surface area contributed by atoms with Gasteiger partial charge in [0.15, 0.2) is 0 Å². The molecule has 2 heterocycles. The van der Waals surface area contributed by atoms with Gasteiger partial charge in [-0.05, 0) is 53.6 Å². The number of aromatic nitrogens is 2. The number of imidazole rings is 1. The molecule has 28 heavy (non-hydrogen) atoms. The molecule has 0 atom stereocenters. The highest BCUT2D eigenvalue weighted by Crippen LogP contribution is 2.43. The van der Waals surface area contributed by atoms with Crippen LogP contribution < -0.4 is 0 Å². The molecule has 2 nitrogen and oxygen atoms in total. The van der Waals surface area contributed by atoms with Crippen molar-refractivity contribution in [3.05, 3.63) is 96.2 Å². The number of hydrogen-bond donors (Lipinski definition) is 0. The van der Waals surface area contributed by atoms with Crippen molar-refractivity contribution in [2.75, 3.05) is 0 Å². The van der Waals surface area contributed by atoms with Gasteiger partial charge in [0.1, 0.15) is 5.65 Å². The Balaban J connectivity index is 1.86. The molecular formula is C26H20N2. The van der Waals surface area contributed by atoms with Gasteiger partial charge in [0, 0.05) is 11.3 Å². The lowest BCUT2D eigenvalue weighted by atomic mass is 9.90. The zero-order chi connectivity index (χ0) is 18.5. The molecule has 0 amide bonds. The van der Waals surface area contributed by atoms with Gasteiger partial charge in [0.25, 0.3) is 0 Å². The largest absolute Gasteiger partial charge is 0.296 e. The number of rotatable bonds is 2. The van der Waals surface area contributed by atoms with Crippen LogP contribution in [0.5, 0.6) is 0 Å². The molecule has 0 bridgehead atoms. The van der Waals surface area contributed by atoms with Gasteiger partial charge in [0.2, 0.25) is 0 Å². The first-order valence-electron chi connectivity index (χ1n) is 9.97. The molecule has 0 aliphatic heterocycles. The second-order valence-corrected chi connectivity index (χ2v) is 7.52. The normalized spacial score (nSPS) is 13.3. The van der Waals surface area contributed by atoms with Gasteiger partial charge in [-0.2, -0.15) is 0 Å². The molecule has 0 N–H and O–H groups in total. The summed E-state index contributed by atoms with van der Waals surface area (Å²) in [6.07, 6.45) is 3.44. The quantitative estimate of drug-likeness (QED) is 0.360. The van der Waals surface area contributed by atoms with Crippen molar-refractivity contribution in [1.82, 2.24) is 9.38 Å². The lowest BCUT2D eigenvalue weighted by Crippen LogP contribution is -2.02. The maximum Gasteiger partial charge on any atom is 0.146 e. The van der Waals surface area contributed by atoms with E-state index in [0.29, 0.717) is 0 Å². The Morgan fingerprint density at radius 3 is 2.04 bits per heavy atom. The fourth-order valence-corrected chi connectivity index (χ4v) is 4.78. The van der Waals surface area contributed by atoms with Crippen molar-refractivity contribution in [1.29, 1.82) is 0 Å². The molecule has 0 radical (unpaired) electrons. The van der Waals surface area contributed by atoms with Crippen molar-refractivity contribution in [3.63, 3.8) is 0 Å². The first kappa shape index (κ1) is 15.6. The lowest BCUT2D eigenvalue weighted by Gasteiger charge is -2.18. The molecule has 0 unspecified atom stereocenters. The number of pyridine rings is 1. The maximum absolute atomic E-state index is 5.12. The molecule has 1 aliphatic rings. The molecule has 134 valence electrons. The van der Waals surface area contributed by atoms with Crippen molar-refractivity contribution < 1.29 is 0 Å². The Hall–Kier alpha value is -3.39. The smallest absolute Gasteiger partial charge is 0.146 e. The second kappa shape index (κ2) is 6.07. The highest BCUT2D eigenvalue weighted by Gasteiger charge is 2.26. The highest BCUT2D eigenvalue weighted by atomic mass is 15.0. The van der Waals surface area contributed by atoms with Gasteiger partial charge in [-0.15, -0.1) is 0 Å². The minimum Gasteiger partial charge on any atom is -0.296 e. The molecule has 5 aromatic rings. The number of fused-ring (bicyclic) bond motifs is 5. The highest BCUT2D eigenvalue weighted by molar-refractivity contribution is 5.98. The summed E-state index contributed by atoms with van der Waals surface area (Å²) in [5, 5.41) is 0. The van der Waals surface area contributed by atoms with Gasteiger partial charge >= 0.3 is 0 Å². The molecule has 3 aromatic carbocycles. The number of hydrogen-bond acceptors (Lipinski definition) is 1. The average Bonchev–Trinajstić information content (AvgIpc) is 3.38. The van der Waals surface area contributed by atoms with Gasteiger partial charge in [-0.3, -0.25) is 4.40 Å². The van der Waals surface area contributed by atoms with E-state index in [1.165, 1.54) is 45.4 Å². The molecule has 6 rings (SSSR count). The van der Waals surface area contributed by atoms with Crippen LogP contribution in [0.1, 0.15) is 17.7 Å². The van der Waals surface area contributed by atoms with E-state index in [1.54, 1.807) is 0 Å². The number of aryl methyl sites for hydroxylation is 1. The standard InChI is InChI=1S/C26H20N2/c1-3-10-18(11-4-1)24-20-14-9-17-22(20)28-23-16-8-7-15-21(23)27-26(28)25(24)19-12-5-2-6-13-19/h1-8,10-13,15-16H,9,14,17H2. The predicted octanol–water partition coefficient (Wildman–Crippen LogP) is 6.31. The van der Waals surface area contributed by atoms with Crippen LogP contribution in [-0.2, 0) is 12.8 Å². The summed E-state index contributed by atoms with van der Waals surface area (Å²) in [5.74, 6) is 0. The fourth-order valence-electron chi connectivity index (χ4n) is 4.78. The minimum absolute atomic E-state index is 1.07. The summed E-state index contributed by atoms with van der Waals surface area (Å²) in [7, 11) is 0. The second-order valence-electron chi connectivity index (χ2n) is 7.52. The summed E-state index contributed by atoms with van der Waals surface area (Å²) >= 11 is 0. The zero-order valence-corrected chi connectivity index (χ0v) is 15.6. The van der Waals surface area contributed by atoms with E-state index in [1.807, 2.05) is 0 Å². The van der Waals surface area contributed by atoms with E-state index in [0.717, 1.165) is 24.0 Å². The van der Waals surface area contributed by atoms with Crippen LogP contribution in [-0.4, -0.2) is 9.38 Å². The minimum atomic E-state index is 1.07. The Kier molecular flexibility index (Phi) is 3.39. The molecule has 2 aromatic heterocycles. The van der Waals surface area contributed by atoms with Crippen molar-refractivity contribution in [2.45, 2.75) is 19.3 Å². The van der Waals surface area contributed by atoms with Crippen molar-refractivity contribution in [2.24, 2.45) is 0 Å². The lowest BCUT2D eigenvalue weighted by molar-refractivity contribution is 0.893. The van der Waals surface area contributed by atoms with Crippen LogP contribution in [0.3, 0.4) is 0 Å². The molecule has 1 aliphatic carbocycles. The van der Waals surface area contributed by atoms with Crippen molar-refractivity contribution in [3.8, 4) is 22.3 Å². The van der Waals surface area contributed by atoms with Gasteiger partial charge in [-0.25, -0.2) is 4.98 Å². The van der Waals surface area contributed by atoms with Crippen LogP contribution in [0.2, 0.25) is 0 Å². The third kappa shape index (κ3) is 2.18. The van der Waals surface area contributed by atoms with E-state index in [9.17, 15) is 0 Å². The Morgan fingerprint density at radius 2 is 1.29 bits per heavy atom. The van der Waals surface area contributed by atoms with Crippen molar-refractivity contribution >= 4 is 16.7 Å². The zero-order valence-electron chi connectivity index (χ0n) is 15.6. The summed E-state index contributed by atoms with van der Waals surface area (Å²) in [6, 6.07) is 30.1. The monoisotopic (exact) mass is 360 g/mol. The first-order valence-corrected chi connectivity index (χ1v) is 9.97. The topological polar surface area (TPSA) is 17.3 Å². The summed E-state index contributed by atoms with van der Waals surface area (Å²) in [6.45, 7) is 0. The van der Waals surface area contributed by atoms with E-state index in [2.05, 4.69) is 89.3 Å². The Morgan fingerprint density at radius 1 is 0.643 bits per heavy atom. The van der Waals surface area contributed by atoms with E-state index in [-0.39, 0.29) is 0 Å². The molecule has 0 saturated heterocycles. The molecule has 0 fully saturated rings. The van der Waals surface area contributed by atoms with Crippen LogP contribution >= 0.6 is 0 Å². The fraction of sp³-hybridized carbons (Fsp3) is 0.115. The van der Waals surface area contributed by atoms with E-state index < -0.39 is 0 Å². The number of benzene rings is 3. The van der Waals surface area contributed by atoms with E-state index in [4.69, 9.17) is 4.98 Å². The SMILES string of the molecule is c1ccc(-c2c3c(n4c(nc5ccccc54)c2-c2ccccc2)CCC3)cc1. The number of nitrogens with zero attached hydrogens (tertiary/aromatic N) is 2. The van der Waals surface area contributed by atoms with Gasteiger partial charge in [0.05, 0.1) is 11.0 Å². The van der Waals surface area contributed by atoms with Crippen LogP contribution in [0.25, 0.3) is 38.9 Å². The first-order chi connectivity index (χ1) is 13.9. The van der Waals surface area contributed by atoms with Crippen LogP contribution in [0.4, 0.5) is 0 Å². The van der Waals surface area contributed by atoms with Gasteiger partial charge in [-0.1, -0.05) is 72.8 Å². The molecule has 0 saturated carbocycles. The number of para-hydroxylation sites is 2. The summed E-state index contributed by atoms with van der Waals surface area (Å²) in [4.78, 5) is 5.12. The molecule has 0 spiro atoms. The van der Waals surface area contributed by atoms with Crippen LogP contribution in [0.15, 0.2) is 84.9 Å². The maximum atomic E-state index is 5.12.